The van der Waals surface area contributed by atoms with Crippen LogP contribution >= 0.6 is 15.9 Å². The molecule has 0 atom stereocenters. The van der Waals surface area contributed by atoms with Crippen molar-refractivity contribution in [3.8, 4) is 0 Å². The smallest absolute Gasteiger partial charge is 0.458 e. The van der Waals surface area contributed by atoms with E-state index in [4.69, 9.17) is 34.9 Å². The summed E-state index contributed by atoms with van der Waals surface area (Å²) < 4.78 is 24.1. The number of halogens is 1. The standard InChI is InChI=1S/C12H11NO3.C10H18O5.C10H18O3.C8H5NO3.C4H7Br.C4H9NO/c14-11-9-3-1-2-4-10(9)12(15)13(11)16-7-8-5-6-8;1-9(2,3)14-7(11)13-8(12)15-10(4,5)6;1-10(2,3)13-9(11)7-12-6-8-4-5-8;10-7-5-3-1-2-4-6(5)8(11)9(7)12;5-3-4-1-2-4;5-6-3-4-1-2-4/h1-4,8H,5-7H2;1-6H3;8H,4-7H2,1-3H3;1-4,12H;4H,1-3H2;4H,1-3,5H2. The zero-order valence-electron chi connectivity index (χ0n) is 40.1. The fourth-order valence-electron chi connectivity index (χ4n) is 5.19. The van der Waals surface area contributed by atoms with Gasteiger partial charge in [0.05, 0.1) is 42.1 Å². The highest BCUT2D eigenvalue weighted by atomic mass is 79.9. The lowest BCUT2D eigenvalue weighted by Gasteiger charge is -2.20. The molecule has 0 unspecified atom stereocenters. The molecule has 4 saturated carbocycles. The van der Waals surface area contributed by atoms with Crippen LogP contribution in [0.15, 0.2) is 48.5 Å². The summed E-state index contributed by atoms with van der Waals surface area (Å²) in [6.07, 6.45) is 8.19. The summed E-state index contributed by atoms with van der Waals surface area (Å²) in [6, 6.07) is 13.1. The second-order valence-electron chi connectivity index (χ2n) is 19.6. The average Bonchev–Trinajstić information content (AvgIpc) is 4.03. The van der Waals surface area contributed by atoms with Crippen LogP contribution in [0.1, 0.15) is 155 Å². The Bertz CT molecular complexity index is 1900. The molecular formula is C48H68BrN3O15. The Hall–Kier alpha value is -4.79. The second kappa shape index (κ2) is 26.1. The highest BCUT2D eigenvalue weighted by molar-refractivity contribution is 9.09. The maximum absolute atomic E-state index is 11.8. The number of ether oxygens (including phenoxy) is 5. The zero-order valence-corrected chi connectivity index (χ0v) is 41.7. The van der Waals surface area contributed by atoms with Crippen molar-refractivity contribution in [3.05, 3.63) is 70.8 Å². The number of hydrogen-bond donors (Lipinski definition) is 2. The van der Waals surface area contributed by atoms with E-state index in [1.807, 2.05) is 20.8 Å². The molecule has 2 aliphatic heterocycles. The van der Waals surface area contributed by atoms with Crippen LogP contribution in [0.2, 0.25) is 0 Å². The summed E-state index contributed by atoms with van der Waals surface area (Å²) in [7, 11) is 0. The Kier molecular flexibility index (Phi) is 22.0. The highest BCUT2D eigenvalue weighted by Gasteiger charge is 2.38. The normalized spacial score (nSPS) is 17.0. The van der Waals surface area contributed by atoms with Crippen LogP contribution in [0.3, 0.4) is 0 Å². The number of nitrogens with zero attached hydrogens (tertiary/aromatic N) is 2. The summed E-state index contributed by atoms with van der Waals surface area (Å²) in [6.45, 7) is 17.6. The van der Waals surface area contributed by atoms with E-state index < -0.39 is 40.9 Å². The maximum atomic E-state index is 11.8. The molecule has 4 aliphatic carbocycles. The summed E-state index contributed by atoms with van der Waals surface area (Å²) in [5.74, 6) is 5.56. The highest BCUT2D eigenvalue weighted by Crippen LogP contribution is 2.32. The third kappa shape index (κ3) is 23.2. The maximum Gasteiger partial charge on any atom is 0.519 e. The van der Waals surface area contributed by atoms with Crippen molar-refractivity contribution in [2.75, 3.05) is 31.8 Å². The van der Waals surface area contributed by atoms with Gasteiger partial charge in [-0.3, -0.25) is 29.2 Å². The molecule has 19 heteroatoms. The van der Waals surface area contributed by atoms with Gasteiger partial charge in [-0.1, -0.05) is 40.2 Å². The molecule has 0 radical (unpaired) electrons. The fourth-order valence-corrected chi connectivity index (χ4v) is 5.84. The molecule has 67 heavy (non-hydrogen) atoms. The van der Waals surface area contributed by atoms with Gasteiger partial charge in [0, 0.05) is 5.33 Å². The van der Waals surface area contributed by atoms with E-state index in [1.54, 1.807) is 77.9 Å². The van der Waals surface area contributed by atoms with Gasteiger partial charge in [0.15, 0.2) is 0 Å². The third-order valence-electron chi connectivity index (χ3n) is 9.25. The van der Waals surface area contributed by atoms with Crippen LogP contribution < -0.4 is 5.90 Å². The summed E-state index contributed by atoms with van der Waals surface area (Å²) in [5, 5.41) is 11.2. The quantitative estimate of drug-likeness (QED) is 0.0429. The van der Waals surface area contributed by atoms with Gasteiger partial charge < -0.3 is 28.5 Å². The minimum absolute atomic E-state index is 0.0910. The van der Waals surface area contributed by atoms with Crippen molar-refractivity contribution in [1.82, 2.24) is 10.1 Å². The Morgan fingerprint density at radius 1 is 0.582 bits per heavy atom. The minimum Gasteiger partial charge on any atom is -0.458 e. The second-order valence-corrected chi connectivity index (χ2v) is 20.3. The van der Waals surface area contributed by atoms with Gasteiger partial charge in [-0.2, -0.15) is 0 Å². The molecular weight excluding hydrogens is 938 g/mol. The Balaban J connectivity index is 0.000000221. The average molecular weight is 1010 g/mol. The largest absolute Gasteiger partial charge is 0.519 e. The summed E-state index contributed by atoms with van der Waals surface area (Å²) >= 11 is 3.38. The number of benzene rings is 2. The van der Waals surface area contributed by atoms with E-state index in [-0.39, 0.29) is 40.6 Å². The van der Waals surface area contributed by atoms with Crippen LogP contribution in [0.5, 0.6) is 0 Å². The molecule has 372 valence electrons. The first kappa shape index (κ1) is 56.5. The van der Waals surface area contributed by atoms with Crippen molar-refractivity contribution in [3.63, 3.8) is 0 Å². The number of imide groups is 2. The number of amides is 4. The van der Waals surface area contributed by atoms with Crippen molar-refractivity contribution >= 4 is 57.8 Å². The lowest BCUT2D eigenvalue weighted by Crippen LogP contribution is -2.30. The minimum atomic E-state index is -1.06. The van der Waals surface area contributed by atoms with Gasteiger partial charge in [-0.05, 0) is 162 Å². The van der Waals surface area contributed by atoms with Crippen LogP contribution in [0.4, 0.5) is 9.59 Å². The Labute approximate surface area is 401 Å². The molecule has 0 saturated heterocycles. The SMILES string of the molecule is BrCC1CC1.CC(C)(C)OC(=O)COCC1CC1.CC(C)(C)OC(=O)OC(=O)OC(C)(C)C.NOCC1CC1.O=C1c2ccccc2C(=O)N1O.O=C1c2ccccc2C(=O)N1OCC1CC1. The summed E-state index contributed by atoms with van der Waals surface area (Å²) in [5.41, 5.74) is -0.417. The van der Waals surface area contributed by atoms with Gasteiger partial charge in [0.25, 0.3) is 23.6 Å². The Morgan fingerprint density at radius 2 is 0.940 bits per heavy atom. The number of rotatable bonds is 10. The molecule has 18 nitrogen and oxygen atoms in total. The number of hydrogen-bond acceptors (Lipinski definition) is 16. The number of esters is 1. The predicted octanol–water partition coefficient (Wildman–Crippen LogP) is 9.00. The lowest BCUT2D eigenvalue weighted by atomic mass is 10.1. The van der Waals surface area contributed by atoms with Crippen molar-refractivity contribution < 1.29 is 72.1 Å². The van der Waals surface area contributed by atoms with E-state index in [0.717, 1.165) is 36.3 Å². The molecule has 4 fully saturated rings. The zero-order chi connectivity index (χ0) is 50.1. The topological polar surface area (TPSA) is 237 Å². The molecule has 2 aromatic rings. The number of nitrogens with two attached hydrogens (primary N) is 1. The monoisotopic (exact) mass is 1010 g/mol. The van der Waals surface area contributed by atoms with Crippen LogP contribution in [-0.2, 0) is 38.2 Å². The van der Waals surface area contributed by atoms with E-state index in [0.29, 0.717) is 36.2 Å². The van der Waals surface area contributed by atoms with Crippen LogP contribution in [0.25, 0.3) is 0 Å². The number of carbonyl (C=O) groups excluding carboxylic acids is 7. The van der Waals surface area contributed by atoms with Gasteiger partial charge in [0.1, 0.15) is 23.4 Å². The van der Waals surface area contributed by atoms with E-state index >= 15 is 0 Å². The van der Waals surface area contributed by atoms with Gasteiger partial charge in [-0.15, -0.1) is 10.1 Å². The molecule has 4 amide bonds. The molecule has 3 N–H and O–H groups in total. The fraction of sp³-hybridized carbons (Fsp3) is 0.604. The van der Waals surface area contributed by atoms with Crippen LogP contribution in [-0.4, -0.2) is 106 Å². The van der Waals surface area contributed by atoms with Crippen molar-refractivity contribution in [2.45, 2.75) is 130 Å². The molecule has 0 bridgehead atoms. The number of alkyl halides is 1. The van der Waals surface area contributed by atoms with Gasteiger partial charge in [-0.25, -0.2) is 20.3 Å². The first-order valence-corrected chi connectivity index (χ1v) is 23.5. The lowest BCUT2D eigenvalue weighted by molar-refractivity contribution is -0.160. The molecule has 2 aromatic carbocycles. The molecule has 8 rings (SSSR count). The predicted molar refractivity (Wildman–Crippen MR) is 247 cm³/mol. The van der Waals surface area contributed by atoms with E-state index in [9.17, 15) is 33.6 Å². The van der Waals surface area contributed by atoms with Crippen LogP contribution in [0, 0.1) is 23.7 Å². The first-order valence-electron chi connectivity index (χ1n) is 22.4. The van der Waals surface area contributed by atoms with Gasteiger partial charge >= 0.3 is 18.3 Å². The number of hydroxylamine groups is 4. The third-order valence-corrected chi connectivity index (χ3v) is 10.2. The first-order chi connectivity index (χ1) is 31.3. The number of carbonyl (C=O) groups is 7. The molecule has 0 aromatic heterocycles. The molecule has 0 spiro atoms. The van der Waals surface area contributed by atoms with Crippen molar-refractivity contribution in [1.29, 1.82) is 0 Å². The van der Waals surface area contributed by atoms with E-state index in [2.05, 4.69) is 25.5 Å². The molecule has 2 heterocycles. The summed E-state index contributed by atoms with van der Waals surface area (Å²) in [4.78, 5) is 88.5. The Morgan fingerprint density at radius 3 is 1.25 bits per heavy atom. The molecule has 6 aliphatic rings. The van der Waals surface area contributed by atoms with E-state index in [1.165, 1.54) is 56.0 Å². The van der Waals surface area contributed by atoms with Crippen molar-refractivity contribution in [2.24, 2.45) is 29.6 Å². The van der Waals surface area contributed by atoms with Gasteiger partial charge in [0.2, 0.25) is 0 Å². The number of fused-ring (bicyclic) bond motifs is 2.